The van der Waals surface area contributed by atoms with Crippen LogP contribution in [0.15, 0.2) is 29.2 Å². The van der Waals surface area contributed by atoms with Crippen molar-refractivity contribution in [3.8, 4) is 0 Å². The van der Waals surface area contributed by atoms with Crippen LogP contribution in [0.3, 0.4) is 0 Å². The molecule has 0 atom stereocenters. The maximum Gasteiger partial charge on any atom is 0.332 e. The predicted octanol–water partition coefficient (Wildman–Crippen LogP) is 1.27. The van der Waals surface area contributed by atoms with E-state index in [1.807, 2.05) is 0 Å². The van der Waals surface area contributed by atoms with Gasteiger partial charge in [0.15, 0.2) is 0 Å². The maximum absolute atomic E-state index is 12.5. The van der Waals surface area contributed by atoms with E-state index < -0.39 is 10.2 Å². The highest BCUT2D eigenvalue weighted by molar-refractivity contribution is 7.86. The fourth-order valence-corrected chi connectivity index (χ4v) is 1.55. The second-order valence-corrected chi connectivity index (χ2v) is 3.97. The lowest BCUT2D eigenvalue weighted by molar-refractivity contribution is 0.552. The number of hydrogen-bond acceptors (Lipinski definition) is 3. The van der Waals surface area contributed by atoms with Gasteiger partial charge in [-0.1, -0.05) is 12.1 Å². The molecule has 0 spiro atoms. The minimum absolute atomic E-state index is 0. The zero-order valence-corrected chi connectivity index (χ0v) is 8.94. The van der Waals surface area contributed by atoms with E-state index in [1.54, 1.807) is 6.07 Å². The van der Waals surface area contributed by atoms with Gasteiger partial charge in [0.05, 0.1) is 4.90 Å². The Labute approximate surface area is 88.7 Å². The Kier molecular flexibility index (Phi) is 5.04. The first-order chi connectivity index (χ1) is 6.04. The first kappa shape index (κ1) is 13.4. The lowest BCUT2D eigenvalue weighted by Crippen LogP contribution is -2.03. The van der Waals surface area contributed by atoms with Gasteiger partial charge in [0.2, 0.25) is 0 Å². The minimum Gasteiger partial charge on any atom is -0.330 e. The Morgan fingerprint density at radius 2 is 2.00 bits per heavy atom. The van der Waals surface area contributed by atoms with E-state index in [2.05, 4.69) is 0 Å². The van der Waals surface area contributed by atoms with Crippen molar-refractivity contribution < 1.29 is 12.3 Å². The van der Waals surface area contributed by atoms with Gasteiger partial charge in [-0.2, -0.15) is 8.42 Å². The molecule has 6 heteroatoms. The van der Waals surface area contributed by atoms with Gasteiger partial charge < -0.3 is 5.73 Å². The summed E-state index contributed by atoms with van der Waals surface area (Å²) in [6, 6.07) is 5.72. The average molecular weight is 240 g/mol. The minimum atomic E-state index is -4.58. The molecule has 0 saturated heterocycles. The SMILES string of the molecule is Cl.NCCc1cccc(S(=O)(=O)F)c1. The number of nitrogens with two attached hydrogens (primary N) is 1. The van der Waals surface area contributed by atoms with E-state index in [1.165, 1.54) is 18.2 Å². The van der Waals surface area contributed by atoms with Crippen molar-refractivity contribution in [1.29, 1.82) is 0 Å². The smallest absolute Gasteiger partial charge is 0.330 e. The molecule has 0 radical (unpaired) electrons. The van der Waals surface area contributed by atoms with Crippen LogP contribution >= 0.6 is 12.4 Å². The third-order valence-electron chi connectivity index (χ3n) is 1.61. The first-order valence-electron chi connectivity index (χ1n) is 3.77. The van der Waals surface area contributed by atoms with E-state index in [-0.39, 0.29) is 17.3 Å². The molecule has 80 valence electrons. The van der Waals surface area contributed by atoms with Crippen LogP contribution in [0, 0.1) is 0 Å². The molecule has 2 N–H and O–H groups in total. The fourth-order valence-electron chi connectivity index (χ4n) is 1.02. The molecule has 0 aliphatic rings. The summed E-state index contributed by atoms with van der Waals surface area (Å²) < 4.78 is 33.5. The van der Waals surface area contributed by atoms with Crippen molar-refractivity contribution in [2.75, 3.05) is 6.54 Å². The summed E-state index contributed by atoms with van der Waals surface area (Å²) in [5, 5.41) is 0. The molecule has 1 aromatic rings. The number of benzene rings is 1. The van der Waals surface area contributed by atoms with Crippen molar-refractivity contribution in [1.82, 2.24) is 0 Å². The molecule has 0 fully saturated rings. The summed E-state index contributed by atoms with van der Waals surface area (Å²) in [5.74, 6) is 0. The highest BCUT2D eigenvalue weighted by atomic mass is 35.5. The summed E-state index contributed by atoms with van der Waals surface area (Å²) in [4.78, 5) is -0.307. The Bertz CT molecular complexity index is 394. The van der Waals surface area contributed by atoms with Gasteiger partial charge in [-0.3, -0.25) is 0 Å². The normalized spacial score (nSPS) is 10.7. The first-order valence-corrected chi connectivity index (χ1v) is 5.16. The van der Waals surface area contributed by atoms with Crippen LogP contribution < -0.4 is 5.73 Å². The third-order valence-corrected chi connectivity index (χ3v) is 2.43. The lowest BCUT2D eigenvalue weighted by Gasteiger charge is -1.99. The molecule has 14 heavy (non-hydrogen) atoms. The highest BCUT2D eigenvalue weighted by Gasteiger charge is 2.11. The quantitative estimate of drug-likeness (QED) is 0.808. The second-order valence-electron chi connectivity index (χ2n) is 2.62. The molecule has 0 bridgehead atoms. The average Bonchev–Trinajstić information content (AvgIpc) is 2.04. The Morgan fingerprint density at radius 1 is 1.36 bits per heavy atom. The van der Waals surface area contributed by atoms with Gasteiger partial charge in [0.1, 0.15) is 0 Å². The van der Waals surface area contributed by atoms with Gasteiger partial charge >= 0.3 is 10.2 Å². The molecule has 0 aromatic heterocycles. The largest absolute Gasteiger partial charge is 0.332 e. The molecule has 0 amide bonds. The number of halogens is 2. The molecule has 0 saturated carbocycles. The van der Waals surface area contributed by atoms with E-state index >= 15 is 0 Å². The van der Waals surface area contributed by atoms with Gasteiger partial charge in [-0.15, -0.1) is 16.3 Å². The van der Waals surface area contributed by atoms with Crippen LogP contribution in [0.1, 0.15) is 5.56 Å². The van der Waals surface area contributed by atoms with Crippen molar-refractivity contribution in [3.63, 3.8) is 0 Å². The van der Waals surface area contributed by atoms with Crippen molar-refractivity contribution >= 4 is 22.6 Å². The highest BCUT2D eigenvalue weighted by Crippen LogP contribution is 2.13. The van der Waals surface area contributed by atoms with Crippen molar-refractivity contribution in [2.45, 2.75) is 11.3 Å². The number of hydrogen-bond donors (Lipinski definition) is 1. The maximum atomic E-state index is 12.5. The Hall–Kier alpha value is -0.650. The zero-order chi connectivity index (χ0) is 9.90. The van der Waals surface area contributed by atoms with Crippen LogP contribution in [0.2, 0.25) is 0 Å². The van der Waals surface area contributed by atoms with Crippen LogP contribution in [0.4, 0.5) is 3.89 Å². The van der Waals surface area contributed by atoms with E-state index in [4.69, 9.17) is 5.73 Å². The molecular weight excluding hydrogens is 229 g/mol. The van der Waals surface area contributed by atoms with Crippen LogP contribution in [0.25, 0.3) is 0 Å². The molecular formula is C8H11ClFNO2S. The summed E-state index contributed by atoms with van der Waals surface area (Å²) in [7, 11) is -4.58. The van der Waals surface area contributed by atoms with Gasteiger partial charge in [-0.25, -0.2) is 0 Å². The van der Waals surface area contributed by atoms with E-state index in [0.717, 1.165) is 5.56 Å². The molecule has 0 aliphatic heterocycles. The molecule has 0 unspecified atom stereocenters. The van der Waals surface area contributed by atoms with Crippen LogP contribution in [-0.2, 0) is 16.6 Å². The van der Waals surface area contributed by atoms with Gasteiger partial charge in [0, 0.05) is 0 Å². The molecule has 1 aromatic carbocycles. The zero-order valence-electron chi connectivity index (χ0n) is 7.31. The number of rotatable bonds is 3. The molecule has 0 heterocycles. The Morgan fingerprint density at radius 3 is 2.50 bits per heavy atom. The predicted molar refractivity (Wildman–Crippen MR) is 54.7 cm³/mol. The van der Waals surface area contributed by atoms with Gasteiger partial charge in [0.25, 0.3) is 0 Å². The summed E-state index contributed by atoms with van der Waals surface area (Å²) in [6.07, 6.45) is 0.545. The van der Waals surface area contributed by atoms with Crippen LogP contribution in [-0.4, -0.2) is 15.0 Å². The summed E-state index contributed by atoms with van der Waals surface area (Å²) in [6.45, 7) is 0.412. The fraction of sp³-hybridized carbons (Fsp3) is 0.250. The van der Waals surface area contributed by atoms with Crippen LogP contribution in [0.5, 0.6) is 0 Å². The molecule has 1 rings (SSSR count). The summed E-state index contributed by atoms with van der Waals surface area (Å²) in [5.41, 5.74) is 6.00. The van der Waals surface area contributed by atoms with Gasteiger partial charge in [-0.05, 0) is 30.7 Å². The lowest BCUT2D eigenvalue weighted by atomic mass is 10.2. The topological polar surface area (TPSA) is 60.2 Å². The van der Waals surface area contributed by atoms with Crippen molar-refractivity contribution in [2.24, 2.45) is 5.73 Å². The second kappa shape index (κ2) is 5.29. The van der Waals surface area contributed by atoms with E-state index in [0.29, 0.717) is 13.0 Å². The summed E-state index contributed by atoms with van der Waals surface area (Å²) >= 11 is 0. The standard InChI is InChI=1S/C8H10FNO2S.ClH/c9-13(11,12)8-3-1-2-7(6-8)4-5-10;/h1-3,6H,4-5,10H2;1H. The molecule has 0 aliphatic carbocycles. The monoisotopic (exact) mass is 239 g/mol. The molecule has 3 nitrogen and oxygen atoms in total. The Balaban J connectivity index is 0.00000169. The van der Waals surface area contributed by atoms with E-state index in [9.17, 15) is 12.3 Å². The van der Waals surface area contributed by atoms with Crippen molar-refractivity contribution in [3.05, 3.63) is 29.8 Å². The third kappa shape index (κ3) is 3.61.